The summed E-state index contributed by atoms with van der Waals surface area (Å²) in [5.41, 5.74) is 0. The second-order valence-electron chi connectivity index (χ2n) is 4.62. The van der Waals surface area contributed by atoms with Crippen LogP contribution in [0.15, 0.2) is 11.0 Å². The molecule has 1 rings (SSSR count). The summed E-state index contributed by atoms with van der Waals surface area (Å²) in [4.78, 5) is 13.3. The summed E-state index contributed by atoms with van der Waals surface area (Å²) in [7, 11) is 0.0227. The Hall–Kier alpha value is -0.960. The van der Waals surface area contributed by atoms with E-state index in [9.17, 15) is 13.2 Å². The maximum absolute atomic E-state index is 12.2. The SMILES string of the molecule is Cc1sc(C(=O)O)cc1S(=O)(=O)NC(C)CN(C)C. The molecule has 1 heterocycles. The van der Waals surface area contributed by atoms with Crippen LogP contribution in [-0.4, -0.2) is 51.1 Å². The quantitative estimate of drug-likeness (QED) is 0.818. The number of rotatable bonds is 6. The van der Waals surface area contributed by atoms with Crippen LogP contribution in [0.3, 0.4) is 0 Å². The number of thiophene rings is 1. The Morgan fingerprint density at radius 2 is 2.11 bits per heavy atom. The molecule has 0 saturated carbocycles. The second kappa shape index (κ2) is 6.00. The number of hydrogen-bond acceptors (Lipinski definition) is 5. The number of carboxylic acid groups (broad SMARTS) is 1. The van der Waals surface area contributed by atoms with E-state index in [2.05, 4.69) is 4.72 Å². The highest BCUT2D eigenvalue weighted by Crippen LogP contribution is 2.25. The maximum atomic E-state index is 12.2. The number of carbonyl (C=O) groups is 1. The lowest BCUT2D eigenvalue weighted by Crippen LogP contribution is -2.39. The van der Waals surface area contributed by atoms with E-state index in [0.29, 0.717) is 11.4 Å². The van der Waals surface area contributed by atoms with Crippen molar-refractivity contribution < 1.29 is 18.3 Å². The predicted octanol–water partition coefficient (Wildman–Crippen LogP) is 0.983. The van der Waals surface area contributed by atoms with Crippen molar-refractivity contribution in [2.24, 2.45) is 0 Å². The zero-order valence-corrected chi connectivity index (χ0v) is 12.9. The van der Waals surface area contributed by atoms with Crippen LogP contribution >= 0.6 is 11.3 Å². The van der Waals surface area contributed by atoms with Gasteiger partial charge < -0.3 is 10.0 Å². The lowest BCUT2D eigenvalue weighted by atomic mass is 10.3. The van der Waals surface area contributed by atoms with Gasteiger partial charge in [-0.05, 0) is 34.0 Å². The average Bonchev–Trinajstić information content (AvgIpc) is 2.58. The van der Waals surface area contributed by atoms with Gasteiger partial charge in [-0.3, -0.25) is 0 Å². The largest absolute Gasteiger partial charge is 0.477 e. The van der Waals surface area contributed by atoms with Crippen molar-refractivity contribution >= 4 is 27.3 Å². The van der Waals surface area contributed by atoms with Crippen LogP contribution in [0, 0.1) is 6.92 Å². The number of nitrogens with one attached hydrogen (secondary N) is 1. The molecule has 0 bridgehead atoms. The summed E-state index contributed by atoms with van der Waals surface area (Å²) in [5, 5.41) is 8.88. The molecule has 0 aromatic carbocycles. The summed E-state index contributed by atoms with van der Waals surface area (Å²) in [6.45, 7) is 3.92. The Morgan fingerprint density at radius 1 is 1.53 bits per heavy atom. The number of aromatic carboxylic acids is 1. The minimum Gasteiger partial charge on any atom is -0.477 e. The van der Waals surface area contributed by atoms with E-state index in [0.717, 1.165) is 11.3 Å². The molecule has 8 heteroatoms. The van der Waals surface area contributed by atoms with Gasteiger partial charge in [0.25, 0.3) is 0 Å². The molecule has 0 radical (unpaired) electrons. The summed E-state index contributed by atoms with van der Waals surface area (Å²) in [5.74, 6) is -1.11. The highest BCUT2D eigenvalue weighted by Gasteiger charge is 2.23. The van der Waals surface area contributed by atoms with Crippen LogP contribution in [0.1, 0.15) is 21.5 Å². The van der Waals surface area contributed by atoms with Crippen LogP contribution in [0.4, 0.5) is 0 Å². The third-order valence-corrected chi connectivity index (χ3v) is 5.25. The minimum atomic E-state index is -3.68. The van der Waals surface area contributed by atoms with Crippen molar-refractivity contribution in [1.29, 1.82) is 0 Å². The van der Waals surface area contributed by atoms with Crippen LogP contribution in [0.5, 0.6) is 0 Å². The Morgan fingerprint density at radius 3 is 2.53 bits per heavy atom. The molecule has 108 valence electrons. The first-order valence-electron chi connectivity index (χ1n) is 5.64. The molecule has 1 aromatic rings. The van der Waals surface area contributed by atoms with Gasteiger partial charge in [0.1, 0.15) is 4.88 Å². The monoisotopic (exact) mass is 306 g/mol. The Kier molecular flexibility index (Phi) is 5.08. The summed E-state index contributed by atoms with van der Waals surface area (Å²) >= 11 is 0.961. The smallest absolute Gasteiger partial charge is 0.345 e. The lowest BCUT2D eigenvalue weighted by molar-refractivity contribution is 0.0702. The average molecular weight is 306 g/mol. The number of sulfonamides is 1. The molecule has 1 atom stereocenters. The Bertz CT molecular complexity index is 563. The summed E-state index contributed by atoms with van der Waals surface area (Å²) in [6.07, 6.45) is 0. The molecule has 0 amide bonds. The highest BCUT2D eigenvalue weighted by atomic mass is 32.2. The van der Waals surface area contributed by atoms with Gasteiger partial charge in [0.2, 0.25) is 10.0 Å². The van der Waals surface area contributed by atoms with Crippen molar-refractivity contribution in [3.8, 4) is 0 Å². The molecule has 2 N–H and O–H groups in total. The Balaban J connectivity index is 2.97. The van der Waals surface area contributed by atoms with Gasteiger partial charge in [-0.2, -0.15) is 0 Å². The molecule has 0 aliphatic carbocycles. The molecule has 0 saturated heterocycles. The number of nitrogens with zero attached hydrogens (tertiary/aromatic N) is 1. The topological polar surface area (TPSA) is 86.7 Å². The molecular formula is C11H18N2O4S2. The zero-order chi connectivity index (χ0) is 14.8. The zero-order valence-electron chi connectivity index (χ0n) is 11.3. The summed E-state index contributed by atoms with van der Waals surface area (Å²) < 4.78 is 26.9. The van der Waals surface area contributed by atoms with E-state index in [-0.39, 0.29) is 15.8 Å². The fourth-order valence-corrected chi connectivity index (χ4v) is 4.42. The van der Waals surface area contributed by atoms with Gasteiger partial charge in [0.15, 0.2) is 0 Å². The van der Waals surface area contributed by atoms with E-state index >= 15 is 0 Å². The second-order valence-corrected chi connectivity index (χ2v) is 7.56. The molecule has 1 aromatic heterocycles. The molecule has 6 nitrogen and oxygen atoms in total. The molecule has 0 fully saturated rings. The van der Waals surface area contributed by atoms with E-state index in [1.54, 1.807) is 13.8 Å². The van der Waals surface area contributed by atoms with Crippen molar-refractivity contribution in [2.45, 2.75) is 24.8 Å². The van der Waals surface area contributed by atoms with Crippen LogP contribution in [-0.2, 0) is 10.0 Å². The van der Waals surface area contributed by atoms with Crippen molar-refractivity contribution in [3.05, 3.63) is 15.8 Å². The number of carboxylic acids is 1. The highest BCUT2D eigenvalue weighted by molar-refractivity contribution is 7.89. The fraction of sp³-hybridized carbons (Fsp3) is 0.545. The predicted molar refractivity (Wildman–Crippen MR) is 74.4 cm³/mol. The van der Waals surface area contributed by atoms with Gasteiger partial charge in [-0.15, -0.1) is 11.3 Å². The third-order valence-electron chi connectivity index (χ3n) is 2.37. The van der Waals surface area contributed by atoms with Gasteiger partial charge in [0.05, 0.1) is 4.90 Å². The van der Waals surface area contributed by atoms with E-state index < -0.39 is 16.0 Å². The Labute approximate surface area is 117 Å². The van der Waals surface area contributed by atoms with Gasteiger partial charge in [0, 0.05) is 17.5 Å². The first-order valence-corrected chi connectivity index (χ1v) is 7.94. The van der Waals surface area contributed by atoms with Crippen molar-refractivity contribution in [2.75, 3.05) is 20.6 Å². The molecule has 0 aliphatic rings. The molecule has 0 spiro atoms. The number of aryl methyl sites for hydroxylation is 1. The van der Waals surface area contributed by atoms with Crippen LogP contribution < -0.4 is 4.72 Å². The standard InChI is InChI=1S/C11H18N2O4S2/c1-7(6-13(3)4)12-19(16,17)10-5-9(11(14)15)18-8(10)2/h5,7,12H,6H2,1-4H3,(H,14,15). The first-order chi connectivity index (χ1) is 8.63. The van der Waals surface area contributed by atoms with E-state index in [4.69, 9.17) is 5.11 Å². The summed E-state index contributed by atoms with van der Waals surface area (Å²) in [6, 6.07) is 0.945. The van der Waals surface area contributed by atoms with Gasteiger partial charge in [-0.25, -0.2) is 17.9 Å². The van der Waals surface area contributed by atoms with Gasteiger partial charge >= 0.3 is 5.97 Å². The lowest BCUT2D eigenvalue weighted by Gasteiger charge is -2.18. The first kappa shape index (κ1) is 16.1. The maximum Gasteiger partial charge on any atom is 0.345 e. The number of hydrogen-bond donors (Lipinski definition) is 2. The fourth-order valence-electron chi connectivity index (χ4n) is 1.75. The van der Waals surface area contributed by atoms with Crippen molar-refractivity contribution in [1.82, 2.24) is 9.62 Å². The van der Waals surface area contributed by atoms with Gasteiger partial charge in [-0.1, -0.05) is 0 Å². The molecule has 0 aliphatic heterocycles. The van der Waals surface area contributed by atoms with E-state index in [1.165, 1.54) is 6.07 Å². The van der Waals surface area contributed by atoms with Crippen LogP contribution in [0.2, 0.25) is 0 Å². The molecule has 1 unspecified atom stereocenters. The van der Waals surface area contributed by atoms with Crippen LogP contribution in [0.25, 0.3) is 0 Å². The van der Waals surface area contributed by atoms with E-state index in [1.807, 2.05) is 19.0 Å². The number of likely N-dealkylation sites (N-methyl/N-ethyl adjacent to an activating group) is 1. The normalized spacial score (nSPS) is 13.7. The molecule has 19 heavy (non-hydrogen) atoms. The third kappa shape index (κ3) is 4.27. The minimum absolute atomic E-state index is 0.0261. The van der Waals surface area contributed by atoms with Crippen molar-refractivity contribution in [3.63, 3.8) is 0 Å². The molecular weight excluding hydrogens is 288 g/mol.